The number of fused-ring (bicyclic) bond motifs is 1. The van der Waals surface area contributed by atoms with Crippen LogP contribution in [0.3, 0.4) is 0 Å². The third kappa shape index (κ3) is 3.27. The van der Waals surface area contributed by atoms with Crippen LogP contribution >= 0.6 is 0 Å². The summed E-state index contributed by atoms with van der Waals surface area (Å²) in [4.78, 5) is 0. The highest BCUT2D eigenvalue weighted by Crippen LogP contribution is 2.41. The molecule has 1 unspecified atom stereocenters. The van der Waals surface area contributed by atoms with E-state index in [-0.39, 0.29) is 12.0 Å². The van der Waals surface area contributed by atoms with Gasteiger partial charge in [-0.2, -0.15) is 8.42 Å². The maximum atomic E-state index is 11.7. The summed E-state index contributed by atoms with van der Waals surface area (Å²) < 4.78 is 28.9. The first-order chi connectivity index (χ1) is 10.0. The van der Waals surface area contributed by atoms with Crippen LogP contribution in [0.5, 0.6) is 0 Å². The topological polar surface area (TPSA) is 43.4 Å². The fraction of sp³-hybridized carbons (Fsp3) is 0.412. The van der Waals surface area contributed by atoms with Gasteiger partial charge in [0.2, 0.25) is 0 Å². The summed E-state index contributed by atoms with van der Waals surface area (Å²) in [6.07, 6.45) is 5.14. The molecule has 0 aromatic heterocycles. The van der Waals surface area contributed by atoms with Crippen LogP contribution in [0.15, 0.2) is 42.5 Å². The Hall–Kier alpha value is -1.39. The maximum absolute atomic E-state index is 11.7. The van der Waals surface area contributed by atoms with Crippen LogP contribution in [0, 0.1) is 5.92 Å². The van der Waals surface area contributed by atoms with E-state index in [1.54, 1.807) is 0 Å². The van der Waals surface area contributed by atoms with Crippen molar-refractivity contribution >= 4 is 20.9 Å². The number of benzene rings is 2. The van der Waals surface area contributed by atoms with Gasteiger partial charge in [0, 0.05) is 0 Å². The van der Waals surface area contributed by atoms with E-state index in [0.717, 1.165) is 48.3 Å². The molecule has 0 amide bonds. The normalized spacial score (nSPS) is 18.1. The first-order valence-corrected chi connectivity index (χ1v) is 9.22. The average molecular weight is 304 g/mol. The predicted octanol–water partition coefficient (Wildman–Crippen LogP) is 4.05. The summed E-state index contributed by atoms with van der Waals surface area (Å²) >= 11 is 0. The molecule has 1 aliphatic rings. The van der Waals surface area contributed by atoms with Crippen molar-refractivity contribution in [2.24, 2.45) is 5.92 Å². The molecule has 21 heavy (non-hydrogen) atoms. The minimum absolute atomic E-state index is 0.283. The van der Waals surface area contributed by atoms with Crippen molar-refractivity contribution in [1.82, 2.24) is 0 Å². The highest BCUT2D eigenvalue weighted by atomic mass is 32.2. The molecule has 2 aromatic rings. The Morgan fingerprint density at radius 3 is 2.43 bits per heavy atom. The predicted molar refractivity (Wildman–Crippen MR) is 84.6 cm³/mol. The molecular formula is C17H20O3S. The van der Waals surface area contributed by atoms with Gasteiger partial charge in [0.15, 0.2) is 0 Å². The van der Waals surface area contributed by atoms with E-state index in [2.05, 4.69) is 0 Å². The van der Waals surface area contributed by atoms with E-state index in [4.69, 9.17) is 4.18 Å². The standard InChI is InChI=1S/C17H20O3S/c1-21(18,19)20-17(14-8-2-3-9-14)16-12-6-10-13-7-4-5-11-15(13)16/h4-7,10-12,14,17H,2-3,8-9H2,1H3. The third-order valence-electron chi connectivity index (χ3n) is 4.24. The molecule has 112 valence electrons. The van der Waals surface area contributed by atoms with Gasteiger partial charge in [-0.3, -0.25) is 4.18 Å². The van der Waals surface area contributed by atoms with E-state index in [1.807, 2.05) is 42.5 Å². The molecule has 1 aliphatic carbocycles. The van der Waals surface area contributed by atoms with Crippen LogP contribution < -0.4 is 0 Å². The maximum Gasteiger partial charge on any atom is 0.264 e. The summed E-state index contributed by atoms with van der Waals surface area (Å²) in [7, 11) is -3.48. The minimum Gasteiger partial charge on any atom is -0.262 e. The lowest BCUT2D eigenvalue weighted by Gasteiger charge is -2.24. The van der Waals surface area contributed by atoms with Gasteiger partial charge in [-0.1, -0.05) is 55.3 Å². The zero-order valence-electron chi connectivity index (χ0n) is 12.2. The molecular weight excluding hydrogens is 284 g/mol. The van der Waals surface area contributed by atoms with Crippen molar-refractivity contribution < 1.29 is 12.6 Å². The molecule has 1 saturated carbocycles. The molecule has 0 radical (unpaired) electrons. The van der Waals surface area contributed by atoms with Gasteiger partial charge in [0.25, 0.3) is 10.1 Å². The van der Waals surface area contributed by atoms with Gasteiger partial charge in [-0.05, 0) is 35.1 Å². The molecule has 3 rings (SSSR count). The molecule has 0 N–H and O–H groups in total. The fourth-order valence-corrected chi connectivity index (χ4v) is 3.97. The van der Waals surface area contributed by atoms with Crippen molar-refractivity contribution in [3.63, 3.8) is 0 Å². The van der Waals surface area contributed by atoms with Crippen LogP contribution in [0.25, 0.3) is 10.8 Å². The Morgan fingerprint density at radius 2 is 1.71 bits per heavy atom. The minimum atomic E-state index is -3.48. The molecule has 4 heteroatoms. The smallest absolute Gasteiger partial charge is 0.262 e. The van der Waals surface area contributed by atoms with Crippen molar-refractivity contribution in [3.05, 3.63) is 48.0 Å². The lowest BCUT2D eigenvalue weighted by atomic mass is 9.91. The lowest BCUT2D eigenvalue weighted by molar-refractivity contribution is 0.148. The van der Waals surface area contributed by atoms with E-state index < -0.39 is 10.1 Å². The van der Waals surface area contributed by atoms with Gasteiger partial charge in [0.05, 0.1) is 6.26 Å². The van der Waals surface area contributed by atoms with E-state index in [0.29, 0.717) is 0 Å². The van der Waals surface area contributed by atoms with Crippen LogP contribution in [0.2, 0.25) is 0 Å². The molecule has 3 nitrogen and oxygen atoms in total. The van der Waals surface area contributed by atoms with Gasteiger partial charge in [0.1, 0.15) is 6.10 Å². The summed E-state index contributed by atoms with van der Waals surface area (Å²) in [5.41, 5.74) is 0.991. The Bertz CT molecular complexity index is 725. The van der Waals surface area contributed by atoms with Crippen molar-refractivity contribution in [3.8, 4) is 0 Å². The highest BCUT2D eigenvalue weighted by Gasteiger charge is 2.31. The summed E-state index contributed by atoms with van der Waals surface area (Å²) in [6.45, 7) is 0. The zero-order valence-corrected chi connectivity index (χ0v) is 13.0. The average Bonchev–Trinajstić information content (AvgIpc) is 2.97. The summed E-state index contributed by atoms with van der Waals surface area (Å²) in [5, 5.41) is 2.20. The van der Waals surface area contributed by atoms with Crippen LogP contribution in [0.4, 0.5) is 0 Å². The quantitative estimate of drug-likeness (QED) is 0.800. The molecule has 1 atom stereocenters. The summed E-state index contributed by atoms with van der Waals surface area (Å²) in [6, 6.07) is 14.1. The number of hydrogen-bond donors (Lipinski definition) is 0. The fourth-order valence-electron chi connectivity index (χ4n) is 3.33. The first-order valence-electron chi connectivity index (χ1n) is 7.40. The Labute approximate surface area is 126 Å². The first kappa shape index (κ1) is 14.5. The summed E-state index contributed by atoms with van der Waals surface area (Å²) in [5.74, 6) is 0.283. The van der Waals surface area contributed by atoms with Crippen molar-refractivity contribution in [2.45, 2.75) is 31.8 Å². The Balaban J connectivity index is 2.09. The van der Waals surface area contributed by atoms with Crippen LogP contribution in [-0.4, -0.2) is 14.7 Å². The van der Waals surface area contributed by atoms with Gasteiger partial charge in [-0.25, -0.2) is 0 Å². The second-order valence-corrected chi connectivity index (χ2v) is 7.43. The molecule has 1 fully saturated rings. The van der Waals surface area contributed by atoms with Gasteiger partial charge < -0.3 is 0 Å². The Morgan fingerprint density at radius 1 is 1.05 bits per heavy atom. The molecule has 0 heterocycles. The van der Waals surface area contributed by atoms with Crippen LogP contribution in [-0.2, 0) is 14.3 Å². The largest absolute Gasteiger partial charge is 0.264 e. The molecule has 0 saturated heterocycles. The highest BCUT2D eigenvalue weighted by molar-refractivity contribution is 7.86. The third-order valence-corrected chi connectivity index (χ3v) is 4.79. The van der Waals surface area contributed by atoms with E-state index in [1.165, 1.54) is 0 Å². The van der Waals surface area contributed by atoms with Crippen molar-refractivity contribution in [2.75, 3.05) is 6.26 Å². The monoisotopic (exact) mass is 304 g/mol. The van der Waals surface area contributed by atoms with E-state index >= 15 is 0 Å². The van der Waals surface area contributed by atoms with Crippen LogP contribution in [0.1, 0.15) is 37.4 Å². The molecule has 0 bridgehead atoms. The van der Waals surface area contributed by atoms with Gasteiger partial charge in [-0.15, -0.1) is 0 Å². The number of rotatable bonds is 4. The van der Waals surface area contributed by atoms with E-state index in [9.17, 15) is 8.42 Å². The SMILES string of the molecule is CS(=O)(=O)OC(c1cccc2ccccc12)C1CCCC1. The lowest BCUT2D eigenvalue weighted by Crippen LogP contribution is -2.18. The molecule has 0 spiro atoms. The molecule has 0 aliphatic heterocycles. The molecule has 2 aromatic carbocycles. The second-order valence-electron chi connectivity index (χ2n) is 5.83. The number of hydrogen-bond acceptors (Lipinski definition) is 3. The second kappa shape index (κ2) is 5.78. The van der Waals surface area contributed by atoms with Crippen molar-refractivity contribution in [1.29, 1.82) is 0 Å². The Kier molecular flexibility index (Phi) is 4.00. The zero-order chi connectivity index (χ0) is 14.9. The van der Waals surface area contributed by atoms with Gasteiger partial charge >= 0.3 is 0 Å².